The maximum Gasteiger partial charge on any atom is 0.0645 e. The fourth-order valence-electron chi connectivity index (χ4n) is 2.74. The molecule has 2 aromatic rings. The van der Waals surface area contributed by atoms with E-state index in [0.717, 1.165) is 26.2 Å². The van der Waals surface area contributed by atoms with Crippen molar-refractivity contribution in [3.63, 3.8) is 0 Å². The van der Waals surface area contributed by atoms with Gasteiger partial charge in [-0.25, -0.2) is 0 Å². The number of hydrogen-bond acceptors (Lipinski definition) is 2. The van der Waals surface area contributed by atoms with Gasteiger partial charge in [0.15, 0.2) is 0 Å². The Morgan fingerprint density at radius 3 is 2.79 bits per heavy atom. The summed E-state index contributed by atoms with van der Waals surface area (Å²) in [5.74, 6) is 0. The van der Waals surface area contributed by atoms with Crippen LogP contribution in [0.15, 0.2) is 42.5 Å². The van der Waals surface area contributed by atoms with Gasteiger partial charge in [0.1, 0.15) is 0 Å². The topological polar surface area (TPSA) is 21.3 Å². The van der Waals surface area contributed by atoms with Crippen LogP contribution in [0.4, 0.5) is 0 Å². The molecular formula is C17H21NO. The molecule has 0 aliphatic carbocycles. The number of fused-ring (bicyclic) bond motifs is 1. The first-order valence-electron chi connectivity index (χ1n) is 7.06. The van der Waals surface area contributed by atoms with Gasteiger partial charge in [0, 0.05) is 18.7 Å². The minimum Gasteiger partial charge on any atom is -0.380 e. The third-order valence-electron chi connectivity index (χ3n) is 3.97. The summed E-state index contributed by atoms with van der Waals surface area (Å²) in [6.07, 6.45) is 2.35. The van der Waals surface area contributed by atoms with Gasteiger partial charge in [-0.05, 0) is 42.2 Å². The van der Waals surface area contributed by atoms with Crippen molar-refractivity contribution in [1.29, 1.82) is 0 Å². The van der Waals surface area contributed by atoms with Gasteiger partial charge in [0.05, 0.1) is 6.61 Å². The Hall–Kier alpha value is -1.38. The fraction of sp³-hybridized carbons (Fsp3) is 0.412. The number of benzene rings is 2. The van der Waals surface area contributed by atoms with Crippen LogP contribution in [0.5, 0.6) is 0 Å². The Bertz CT molecular complexity index is 558. The molecule has 1 aliphatic heterocycles. The van der Waals surface area contributed by atoms with Crippen molar-refractivity contribution in [2.24, 2.45) is 0 Å². The summed E-state index contributed by atoms with van der Waals surface area (Å²) in [5.41, 5.74) is 1.47. The van der Waals surface area contributed by atoms with Gasteiger partial charge < -0.3 is 10.1 Å². The lowest BCUT2D eigenvalue weighted by atomic mass is 9.94. The minimum atomic E-state index is 0.129. The van der Waals surface area contributed by atoms with Gasteiger partial charge in [-0.1, -0.05) is 36.4 Å². The summed E-state index contributed by atoms with van der Waals surface area (Å²) in [7, 11) is 0. The summed E-state index contributed by atoms with van der Waals surface area (Å²) in [6.45, 7) is 4.89. The van der Waals surface area contributed by atoms with Gasteiger partial charge in [-0.2, -0.15) is 0 Å². The Kier molecular flexibility index (Phi) is 3.54. The first-order valence-corrected chi connectivity index (χ1v) is 7.06. The molecule has 0 spiro atoms. The Labute approximate surface area is 114 Å². The van der Waals surface area contributed by atoms with E-state index >= 15 is 0 Å². The predicted octanol–water partition coefficient (Wildman–Crippen LogP) is 3.50. The van der Waals surface area contributed by atoms with Crippen molar-refractivity contribution < 1.29 is 4.74 Å². The molecule has 1 saturated heterocycles. The zero-order valence-electron chi connectivity index (χ0n) is 11.5. The first kappa shape index (κ1) is 12.6. The van der Waals surface area contributed by atoms with Crippen molar-refractivity contribution in [2.75, 3.05) is 13.2 Å². The average Bonchev–Trinajstić information content (AvgIpc) is 2.46. The summed E-state index contributed by atoms with van der Waals surface area (Å²) in [6, 6.07) is 15.2. The minimum absolute atomic E-state index is 0.129. The Morgan fingerprint density at radius 2 is 2.00 bits per heavy atom. The molecule has 2 nitrogen and oxygen atoms in total. The van der Waals surface area contributed by atoms with Crippen molar-refractivity contribution in [3.8, 4) is 0 Å². The normalized spacial score (nSPS) is 23.6. The molecule has 1 atom stereocenters. The Morgan fingerprint density at radius 1 is 1.16 bits per heavy atom. The number of rotatable bonds is 3. The molecule has 0 radical (unpaired) electrons. The van der Waals surface area contributed by atoms with Crippen LogP contribution >= 0.6 is 0 Å². The second-order valence-electron chi connectivity index (χ2n) is 5.75. The molecule has 0 amide bonds. The molecule has 0 bridgehead atoms. The Balaban J connectivity index is 1.71. The summed E-state index contributed by atoms with van der Waals surface area (Å²) in [4.78, 5) is 0. The molecule has 1 unspecified atom stereocenters. The molecule has 2 heteroatoms. The largest absolute Gasteiger partial charge is 0.380 e. The second-order valence-corrected chi connectivity index (χ2v) is 5.75. The van der Waals surface area contributed by atoms with Crippen LogP contribution in [0, 0.1) is 0 Å². The van der Waals surface area contributed by atoms with Crippen molar-refractivity contribution >= 4 is 10.8 Å². The zero-order chi connectivity index (χ0) is 13.1. The van der Waals surface area contributed by atoms with E-state index in [1.807, 2.05) is 0 Å². The number of hydrogen-bond donors (Lipinski definition) is 1. The van der Waals surface area contributed by atoms with Gasteiger partial charge >= 0.3 is 0 Å². The van der Waals surface area contributed by atoms with Crippen molar-refractivity contribution in [1.82, 2.24) is 5.32 Å². The van der Waals surface area contributed by atoms with Crippen LogP contribution < -0.4 is 5.32 Å². The van der Waals surface area contributed by atoms with Crippen LogP contribution in [0.2, 0.25) is 0 Å². The van der Waals surface area contributed by atoms with Crippen LogP contribution in [0.25, 0.3) is 10.8 Å². The lowest BCUT2D eigenvalue weighted by Gasteiger charge is -2.34. The smallest absolute Gasteiger partial charge is 0.0645 e. The SMILES string of the molecule is CC1(NCc2ccc3ccccc3c2)CCCOC1. The van der Waals surface area contributed by atoms with Gasteiger partial charge in [0.25, 0.3) is 0 Å². The van der Waals surface area contributed by atoms with E-state index in [2.05, 4.69) is 54.7 Å². The molecule has 1 aliphatic rings. The van der Waals surface area contributed by atoms with Gasteiger partial charge in [0.2, 0.25) is 0 Å². The number of ether oxygens (including phenoxy) is 1. The molecule has 1 heterocycles. The third-order valence-corrected chi connectivity index (χ3v) is 3.97. The van der Waals surface area contributed by atoms with Gasteiger partial charge in [-0.3, -0.25) is 0 Å². The van der Waals surface area contributed by atoms with E-state index in [-0.39, 0.29) is 5.54 Å². The maximum absolute atomic E-state index is 5.58. The molecule has 0 saturated carbocycles. The highest BCUT2D eigenvalue weighted by Crippen LogP contribution is 2.20. The monoisotopic (exact) mass is 255 g/mol. The van der Waals surface area contributed by atoms with Crippen molar-refractivity contribution in [3.05, 3.63) is 48.0 Å². The van der Waals surface area contributed by atoms with Crippen molar-refractivity contribution in [2.45, 2.75) is 31.8 Å². The third kappa shape index (κ3) is 2.96. The van der Waals surface area contributed by atoms with E-state index in [0.29, 0.717) is 0 Å². The van der Waals surface area contributed by atoms with Crippen LogP contribution in [0.1, 0.15) is 25.3 Å². The second kappa shape index (κ2) is 5.32. The van der Waals surface area contributed by atoms with E-state index in [9.17, 15) is 0 Å². The highest BCUT2D eigenvalue weighted by molar-refractivity contribution is 5.82. The molecule has 19 heavy (non-hydrogen) atoms. The lowest BCUT2D eigenvalue weighted by Crippen LogP contribution is -2.48. The molecular weight excluding hydrogens is 234 g/mol. The quantitative estimate of drug-likeness (QED) is 0.906. The van der Waals surface area contributed by atoms with Crippen LogP contribution in [-0.2, 0) is 11.3 Å². The highest BCUT2D eigenvalue weighted by atomic mass is 16.5. The molecule has 100 valence electrons. The molecule has 1 N–H and O–H groups in total. The zero-order valence-corrected chi connectivity index (χ0v) is 11.5. The summed E-state index contributed by atoms with van der Waals surface area (Å²) < 4.78 is 5.58. The standard InChI is InChI=1S/C17H21NO/c1-17(9-4-10-19-13-17)18-12-14-7-8-15-5-2-3-6-16(15)11-14/h2-3,5-8,11,18H,4,9-10,12-13H2,1H3. The predicted molar refractivity (Wildman–Crippen MR) is 79.2 cm³/mol. The lowest BCUT2D eigenvalue weighted by molar-refractivity contribution is 0.0278. The average molecular weight is 255 g/mol. The number of nitrogens with one attached hydrogen (secondary N) is 1. The maximum atomic E-state index is 5.58. The summed E-state index contributed by atoms with van der Waals surface area (Å²) in [5, 5.41) is 6.27. The van der Waals surface area contributed by atoms with Crippen LogP contribution in [-0.4, -0.2) is 18.8 Å². The van der Waals surface area contributed by atoms with Gasteiger partial charge in [-0.15, -0.1) is 0 Å². The van der Waals surface area contributed by atoms with E-state index in [1.54, 1.807) is 0 Å². The van der Waals surface area contributed by atoms with E-state index in [1.165, 1.54) is 22.8 Å². The molecule has 2 aromatic carbocycles. The first-order chi connectivity index (χ1) is 9.25. The highest BCUT2D eigenvalue weighted by Gasteiger charge is 2.26. The fourth-order valence-corrected chi connectivity index (χ4v) is 2.74. The summed E-state index contributed by atoms with van der Waals surface area (Å²) >= 11 is 0. The molecule has 1 fully saturated rings. The van der Waals surface area contributed by atoms with E-state index < -0.39 is 0 Å². The molecule has 3 rings (SSSR count). The molecule has 0 aromatic heterocycles. The van der Waals surface area contributed by atoms with E-state index in [4.69, 9.17) is 4.74 Å². The van der Waals surface area contributed by atoms with Crippen LogP contribution in [0.3, 0.4) is 0 Å².